The maximum Gasteiger partial charge on any atom is 0.258 e. The largest absolute Gasteiger partial charge is 0.366 e. The first-order valence-corrected chi connectivity index (χ1v) is 8.97. The summed E-state index contributed by atoms with van der Waals surface area (Å²) in [6.07, 6.45) is 0. The van der Waals surface area contributed by atoms with Gasteiger partial charge in [-0.1, -0.05) is 18.2 Å². The summed E-state index contributed by atoms with van der Waals surface area (Å²) in [6, 6.07) is 19.2. The Labute approximate surface area is 171 Å². The minimum Gasteiger partial charge on any atom is -0.366 e. The van der Waals surface area contributed by atoms with E-state index < -0.39 is 17.6 Å². The predicted molar refractivity (Wildman–Crippen MR) is 116 cm³/mol. The highest BCUT2D eigenvalue weighted by molar-refractivity contribution is 7.80. The molecule has 0 aliphatic rings. The van der Waals surface area contributed by atoms with Gasteiger partial charge in [0.2, 0.25) is 5.91 Å². The molecule has 6 nitrogen and oxygen atoms in total. The van der Waals surface area contributed by atoms with E-state index in [0.29, 0.717) is 27.7 Å². The van der Waals surface area contributed by atoms with E-state index in [1.54, 1.807) is 54.6 Å². The fourth-order valence-corrected chi connectivity index (χ4v) is 2.76. The summed E-state index contributed by atoms with van der Waals surface area (Å²) < 4.78 is 13.7. The normalized spacial score (nSPS) is 10.1. The number of anilines is 3. The standard InChI is InChI=1S/C21H17FN4O2S/c22-18-7-2-1-6-17(18)20(28)24-14-8-10-15(11-9-14)25-21(29)26-16-5-3-4-13(12-16)19(23)27/h1-12H,(H2,23,27)(H,24,28)(H2,25,26,29). The van der Waals surface area contributed by atoms with Crippen molar-refractivity contribution in [3.63, 3.8) is 0 Å². The lowest BCUT2D eigenvalue weighted by Gasteiger charge is -2.12. The lowest BCUT2D eigenvalue weighted by atomic mass is 10.2. The number of nitrogens with two attached hydrogens (primary N) is 1. The molecular weight excluding hydrogens is 391 g/mol. The van der Waals surface area contributed by atoms with Crippen molar-refractivity contribution in [1.82, 2.24) is 0 Å². The van der Waals surface area contributed by atoms with Gasteiger partial charge in [0.1, 0.15) is 5.82 Å². The molecule has 146 valence electrons. The van der Waals surface area contributed by atoms with Crippen LogP contribution in [0.1, 0.15) is 20.7 Å². The monoisotopic (exact) mass is 408 g/mol. The van der Waals surface area contributed by atoms with Crippen molar-refractivity contribution < 1.29 is 14.0 Å². The second kappa shape index (κ2) is 8.94. The van der Waals surface area contributed by atoms with E-state index in [0.717, 1.165) is 0 Å². The van der Waals surface area contributed by atoms with Gasteiger partial charge in [-0.15, -0.1) is 0 Å². The second-order valence-electron chi connectivity index (χ2n) is 6.04. The average Bonchev–Trinajstić information content (AvgIpc) is 2.70. The molecule has 0 aliphatic carbocycles. The zero-order chi connectivity index (χ0) is 20.8. The lowest BCUT2D eigenvalue weighted by molar-refractivity contribution is 0.0997. The fourth-order valence-electron chi connectivity index (χ4n) is 2.52. The Bertz CT molecular complexity index is 1070. The Morgan fingerprint density at radius 3 is 2.07 bits per heavy atom. The molecule has 3 aromatic rings. The molecule has 0 aromatic heterocycles. The Hall–Kier alpha value is -3.78. The average molecular weight is 408 g/mol. The molecule has 0 radical (unpaired) electrons. The number of carbonyl (C=O) groups excluding carboxylic acids is 2. The molecule has 2 amide bonds. The molecule has 0 heterocycles. The van der Waals surface area contributed by atoms with Gasteiger partial charge < -0.3 is 21.7 Å². The summed E-state index contributed by atoms with van der Waals surface area (Å²) in [4.78, 5) is 23.4. The van der Waals surface area contributed by atoms with Gasteiger partial charge in [-0.3, -0.25) is 9.59 Å². The molecule has 8 heteroatoms. The van der Waals surface area contributed by atoms with E-state index >= 15 is 0 Å². The first kappa shape index (κ1) is 20.0. The van der Waals surface area contributed by atoms with Crippen LogP contribution in [0.3, 0.4) is 0 Å². The van der Waals surface area contributed by atoms with Gasteiger partial charge in [0.25, 0.3) is 5.91 Å². The number of benzene rings is 3. The van der Waals surface area contributed by atoms with Crippen molar-refractivity contribution in [3.8, 4) is 0 Å². The third kappa shape index (κ3) is 5.36. The minimum absolute atomic E-state index is 0.0294. The summed E-state index contributed by atoms with van der Waals surface area (Å²) in [5.74, 6) is -1.64. The Morgan fingerprint density at radius 2 is 1.41 bits per heavy atom. The van der Waals surface area contributed by atoms with Crippen molar-refractivity contribution >= 4 is 46.2 Å². The van der Waals surface area contributed by atoms with E-state index in [4.69, 9.17) is 18.0 Å². The zero-order valence-corrected chi connectivity index (χ0v) is 15.9. The van der Waals surface area contributed by atoms with Crippen LogP contribution in [0.25, 0.3) is 0 Å². The van der Waals surface area contributed by atoms with Crippen LogP contribution >= 0.6 is 12.2 Å². The summed E-state index contributed by atoms with van der Waals surface area (Å²) in [7, 11) is 0. The van der Waals surface area contributed by atoms with Gasteiger partial charge in [-0.25, -0.2) is 4.39 Å². The minimum atomic E-state index is -0.583. The number of thiocarbonyl (C=S) groups is 1. The molecule has 0 fully saturated rings. The Balaban J connectivity index is 1.59. The number of hydrogen-bond donors (Lipinski definition) is 4. The molecule has 3 rings (SSSR count). The number of hydrogen-bond acceptors (Lipinski definition) is 3. The maximum absolute atomic E-state index is 13.7. The van der Waals surface area contributed by atoms with Crippen molar-refractivity contribution in [2.75, 3.05) is 16.0 Å². The zero-order valence-electron chi connectivity index (χ0n) is 15.1. The van der Waals surface area contributed by atoms with E-state index in [1.807, 2.05) is 0 Å². The van der Waals surface area contributed by atoms with E-state index in [2.05, 4.69) is 16.0 Å². The highest BCUT2D eigenvalue weighted by atomic mass is 32.1. The van der Waals surface area contributed by atoms with Crippen LogP contribution in [0.2, 0.25) is 0 Å². The number of rotatable bonds is 5. The van der Waals surface area contributed by atoms with Crippen LogP contribution < -0.4 is 21.7 Å². The van der Waals surface area contributed by atoms with Gasteiger partial charge in [0, 0.05) is 22.6 Å². The number of carbonyl (C=O) groups is 2. The topological polar surface area (TPSA) is 96.2 Å². The van der Waals surface area contributed by atoms with Crippen LogP contribution in [0.15, 0.2) is 72.8 Å². The molecule has 0 aliphatic heterocycles. The molecule has 0 unspecified atom stereocenters. The number of halogens is 1. The van der Waals surface area contributed by atoms with E-state index in [-0.39, 0.29) is 5.56 Å². The molecule has 5 N–H and O–H groups in total. The fraction of sp³-hybridized carbons (Fsp3) is 0. The van der Waals surface area contributed by atoms with Crippen molar-refractivity contribution in [3.05, 3.63) is 89.7 Å². The van der Waals surface area contributed by atoms with Gasteiger partial charge in [-0.05, 0) is 66.8 Å². The molecule has 0 saturated heterocycles. The third-order valence-electron chi connectivity index (χ3n) is 3.92. The first-order valence-electron chi connectivity index (χ1n) is 8.56. The molecule has 29 heavy (non-hydrogen) atoms. The predicted octanol–water partition coefficient (Wildman–Crippen LogP) is 3.99. The summed E-state index contributed by atoms with van der Waals surface area (Å²) in [5.41, 5.74) is 7.41. The van der Waals surface area contributed by atoms with Crippen LogP contribution in [0, 0.1) is 5.82 Å². The lowest BCUT2D eigenvalue weighted by Crippen LogP contribution is -2.19. The molecule has 0 spiro atoms. The van der Waals surface area contributed by atoms with Crippen molar-refractivity contribution in [2.45, 2.75) is 0 Å². The highest BCUT2D eigenvalue weighted by Gasteiger charge is 2.11. The Morgan fingerprint density at radius 1 is 0.793 bits per heavy atom. The van der Waals surface area contributed by atoms with Crippen LogP contribution in [-0.2, 0) is 0 Å². The summed E-state index contributed by atoms with van der Waals surface area (Å²) >= 11 is 5.26. The second-order valence-corrected chi connectivity index (χ2v) is 6.44. The summed E-state index contributed by atoms with van der Waals surface area (Å²) in [6.45, 7) is 0. The van der Waals surface area contributed by atoms with Crippen LogP contribution in [0.4, 0.5) is 21.5 Å². The quantitative estimate of drug-likeness (QED) is 0.479. The number of nitrogens with one attached hydrogen (secondary N) is 3. The van der Waals surface area contributed by atoms with E-state index in [9.17, 15) is 14.0 Å². The molecular formula is C21H17FN4O2S. The van der Waals surface area contributed by atoms with Crippen molar-refractivity contribution in [2.24, 2.45) is 5.73 Å². The van der Waals surface area contributed by atoms with E-state index in [1.165, 1.54) is 18.2 Å². The maximum atomic E-state index is 13.7. The first-order chi connectivity index (χ1) is 13.9. The van der Waals surface area contributed by atoms with Gasteiger partial charge in [-0.2, -0.15) is 0 Å². The number of amides is 2. The van der Waals surface area contributed by atoms with Gasteiger partial charge in [0.15, 0.2) is 5.11 Å². The van der Waals surface area contributed by atoms with Gasteiger partial charge in [0.05, 0.1) is 5.56 Å². The molecule has 0 atom stereocenters. The third-order valence-corrected chi connectivity index (χ3v) is 4.13. The smallest absolute Gasteiger partial charge is 0.258 e. The van der Waals surface area contributed by atoms with Crippen molar-refractivity contribution in [1.29, 1.82) is 0 Å². The highest BCUT2D eigenvalue weighted by Crippen LogP contribution is 2.17. The number of primary amides is 1. The Kier molecular flexibility index (Phi) is 6.16. The SMILES string of the molecule is NC(=O)c1cccc(NC(=S)Nc2ccc(NC(=O)c3ccccc3F)cc2)c1. The van der Waals surface area contributed by atoms with Crippen LogP contribution in [0.5, 0.6) is 0 Å². The molecule has 0 saturated carbocycles. The molecule has 3 aromatic carbocycles. The van der Waals surface area contributed by atoms with Crippen LogP contribution in [-0.4, -0.2) is 16.9 Å². The molecule has 0 bridgehead atoms. The summed E-state index contributed by atoms with van der Waals surface area (Å²) in [5, 5.41) is 8.91. The van der Waals surface area contributed by atoms with Gasteiger partial charge >= 0.3 is 0 Å².